The standard InChI is InChI=1S/C22H25ClN2O3/c1-3-28-22(26)16(2)13-20-14-21(18-9-11-19(23)12-10-18)24(25(20)27)15-17-7-5-4-6-8-17/h4-12,14,16,21,27H,3,13,15H2,1-2H3. The van der Waals surface area contributed by atoms with E-state index in [0.29, 0.717) is 30.3 Å². The first kappa shape index (κ1) is 20.4. The number of carbonyl (C=O) groups excluding carboxylic acids is 1. The predicted octanol–water partition coefficient (Wildman–Crippen LogP) is 4.98. The summed E-state index contributed by atoms with van der Waals surface area (Å²) in [6, 6.07) is 17.4. The van der Waals surface area contributed by atoms with Crippen LogP contribution in [0, 0.1) is 5.92 Å². The van der Waals surface area contributed by atoms with Crippen molar-refractivity contribution >= 4 is 17.6 Å². The molecule has 0 saturated heterocycles. The van der Waals surface area contributed by atoms with Gasteiger partial charge in [0.1, 0.15) is 0 Å². The molecule has 2 aromatic carbocycles. The minimum Gasteiger partial charge on any atom is -0.466 e. The van der Waals surface area contributed by atoms with Crippen molar-refractivity contribution in [3.63, 3.8) is 0 Å². The lowest BCUT2D eigenvalue weighted by Crippen LogP contribution is -2.36. The van der Waals surface area contributed by atoms with Crippen molar-refractivity contribution in [1.82, 2.24) is 10.2 Å². The Kier molecular flexibility index (Phi) is 6.73. The van der Waals surface area contributed by atoms with Crippen molar-refractivity contribution in [1.29, 1.82) is 0 Å². The monoisotopic (exact) mass is 400 g/mol. The number of esters is 1. The molecule has 0 saturated carbocycles. The largest absolute Gasteiger partial charge is 0.466 e. The quantitative estimate of drug-likeness (QED) is 0.664. The lowest BCUT2D eigenvalue weighted by Gasteiger charge is -2.31. The summed E-state index contributed by atoms with van der Waals surface area (Å²) in [5.74, 6) is -0.607. The van der Waals surface area contributed by atoms with E-state index in [1.165, 1.54) is 5.17 Å². The first-order valence-corrected chi connectivity index (χ1v) is 9.79. The first-order chi connectivity index (χ1) is 13.5. The molecule has 1 aliphatic heterocycles. The molecule has 0 aliphatic carbocycles. The summed E-state index contributed by atoms with van der Waals surface area (Å²) in [6.07, 6.45) is 2.38. The highest BCUT2D eigenvalue weighted by atomic mass is 35.5. The van der Waals surface area contributed by atoms with Crippen molar-refractivity contribution < 1.29 is 14.7 Å². The van der Waals surface area contributed by atoms with Crippen LogP contribution >= 0.6 is 11.6 Å². The maximum Gasteiger partial charge on any atom is 0.309 e. The minimum atomic E-state index is -0.344. The zero-order valence-corrected chi connectivity index (χ0v) is 16.8. The average molecular weight is 401 g/mol. The van der Waals surface area contributed by atoms with Gasteiger partial charge in [-0.2, -0.15) is 10.2 Å². The van der Waals surface area contributed by atoms with Crippen LogP contribution in [0.3, 0.4) is 0 Å². The van der Waals surface area contributed by atoms with Gasteiger partial charge in [0.05, 0.1) is 24.3 Å². The van der Waals surface area contributed by atoms with E-state index in [-0.39, 0.29) is 17.9 Å². The van der Waals surface area contributed by atoms with E-state index in [1.807, 2.05) is 72.6 Å². The summed E-state index contributed by atoms with van der Waals surface area (Å²) in [5, 5.41) is 14.6. The molecule has 0 spiro atoms. The van der Waals surface area contributed by atoms with Crippen LogP contribution in [0.4, 0.5) is 0 Å². The predicted molar refractivity (Wildman–Crippen MR) is 108 cm³/mol. The number of allylic oxidation sites excluding steroid dienone is 1. The van der Waals surface area contributed by atoms with Gasteiger partial charge in [-0.05, 0) is 36.3 Å². The molecule has 6 heteroatoms. The van der Waals surface area contributed by atoms with E-state index in [4.69, 9.17) is 16.3 Å². The van der Waals surface area contributed by atoms with E-state index >= 15 is 0 Å². The normalized spacial score (nSPS) is 18.1. The third kappa shape index (κ3) is 4.73. The summed E-state index contributed by atoms with van der Waals surface area (Å²) >= 11 is 6.04. The molecule has 3 rings (SSSR count). The lowest BCUT2D eigenvalue weighted by molar-refractivity contribution is -0.223. The molecule has 2 atom stereocenters. The second-order valence-electron chi connectivity index (χ2n) is 6.88. The number of carbonyl (C=O) groups is 1. The fourth-order valence-corrected chi connectivity index (χ4v) is 3.44. The van der Waals surface area contributed by atoms with Gasteiger partial charge < -0.3 is 4.74 Å². The molecule has 0 bridgehead atoms. The van der Waals surface area contributed by atoms with Crippen LogP contribution in [0.15, 0.2) is 66.4 Å². The smallest absolute Gasteiger partial charge is 0.309 e. The van der Waals surface area contributed by atoms with Crippen LogP contribution in [0.2, 0.25) is 5.02 Å². The zero-order chi connectivity index (χ0) is 20.1. The van der Waals surface area contributed by atoms with Gasteiger partial charge in [0, 0.05) is 18.0 Å². The Morgan fingerprint density at radius 1 is 1.18 bits per heavy atom. The Morgan fingerprint density at radius 2 is 1.86 bits per heavy atom. The van der Waals surface area contributed by atoms with E-state index in [1.54, 1.807) is 6.92 Å². The maximum absolute atomic E-state index is 12.0. The topological polar surface area (TPSA) is 53.0 Å². The van der Waals surface area contributed by atoms with E-state index in [9.17, 15) is 10.0 Å². The Bertz CT molecular complexity index is 823. The number of benzene rings is 2. The number of hydrogen-bond donors (Lipinski definition) is 1. The second-order valence-corrected chi connectivity index (χ2v) is 7.32. The third-order valence-electron chi connectivity index (χ3n) is 4.77. The van der Waals surface area contributed by atoms with Crippen LogP contribution in [-0.4, -0.2) is 28.0 Å². The van der Waals surface area contributed by atoms with Crippen molar-refractivity contribution in [2.24, 2.45) is 5.92 Å². The van der Waals surface area contributed by atoms with E-state index < -0.39 is 0 Å². The number of hydrazine groups is 1. The average Bonchev–Trinajstić information content (AvgIpc) is 2.99. The van der Waals surface area contributed by atoms with Crippen molar-refractivity contribution in [3.05, 3.63) is 82.5 Å². The van der Waals surface area contributed by atoms with Crippen LogP contribution in [0.25, 0.3) is 0 Å². The molecule has 0 fully saturated rings. The molecule has 1 N–H and O–H groups in total. The number of hydrogen-bond acceptors (Lipinski definition) is 5. The maximum atomic E-state index is 12.0. The van der Waals surface area contributed by atoms with Gasteiger partial charge in [-0.25, -0.2) is 0 Å². The Hall–Kier alpha value is -2.34. The summed E-state index contributed by atoms with van der Waals surface area (Å²) in [7, 11) is 0. The van der Waals surface area contributed by atoms with Gasteiger partial charge in [-0.15, -0.1) is 0 Å². The fraction of sp³-hybridized carbons (Fsp3) is 0.318. The highest BCUT2D eigenvalue weighted by Crippen LogP contribution is 2.36. The van der Waals surface area contributed by atoms with Crippen molar-refractivity contribution in [2.45, 2.75) is 32.9 Å². The third-order valence-corrected chi connectivity index (χ3v) is 5.03. The fourth-order valence-electron chi connectivity index (χ4n) is 3.31. The SMILES string of the molecule is CCOC(=O)C(C)CC1=CC(c2ccc(Cl)cc2)N(Cc2ccccc2)N1O. The number of halogens is 1. The molecule has 0 aromatic heterocycles. The van der Waals surface area contributed by atoms with Gasteiger partial charge in [0.2, 0.25) is 0 Å². The molecule has 2 aromatic rings. The van der Waals surface area contributed by atoms with Crippen molar-refractivity contribution in [3.8, 4) is 0 Å². The summed E-state index contributed by atoms with van der Waals surface area (Å²) < 4.78 is 5.10. The summed E-state index contributed by atoms with van der Waals surface area (Å²) in [5.41, 5.74) is 2.77. The Balaban J connectivity index is 1.85. The van der Waals surface area contributed by atoms with E-state index in [2.05, 4.69) is 0 Å². The van der Waals surface area contributed by atoms with Gasteiger partial charge in [0.15, 0.2) is 0 Å². The number of ether oxygens (including phenoxy) is 1. The highest BCUT2D eigenvalue weighted by molar-refractivity contribution is 6.30. The summed E-state index contributed by atoms with van der Waals surface area (Å²) in [6.45, 7) is 4.47. The van der Waals surface area contributed by atoms with Gasteiger partial charge in [-0.3, -0.25) is 10.0 Å². The molecule has 148 valence electrons. The van der Waals surface area contributed by atoms with Crippen LogP contribution < -0.4 is 0 Å². The number of hydroxylamine groups is 1. The van der Waals surface area contributed by atoms with Gasteiger partial charge in [0.25, 0.3) is 0 Å². The second kappa shape index (κ2) is 9.24. The molecule has 1 aliphatic rings. The van der Waals surface area contributed by atoms with E-state index in [0.717, 1.165) is 11.1 Å². The number of nitrogens with zero attached hydrogens (tertiary/aromatic N) is 2. The molecular weight excluding hydrogens is 376 g/mol. The van der Waals surface area contributed by atoms with Crippen LogP contribution in [-0.2, 0) is 16.1 Å². The van der Waals surface area contributed by atoms with Crippen LogP contribution in [0.5, 0.6) is 0 Å². The van der Waals surface area contributed by atoms with Gasteiger partial charge in [-0.1, -0.05) is 61.0 Å². The molecule has 2 unspecified atom stereocenters. The molecule has 5 nitrogen and oxygen atoms in total. The highest BCUT2D eigenvalue weighted by Gasteiger charge is 2.34. The molecule has 28 heavy (non-hydrogen) atoms. The molecular formula is C22H25ClN2O3. The van der Waals surface area contributed by atoms with Crippen LogP contribution in [0.1, 0.15) is 37.4 Å². The Morgan fingerprint density at radius 3 is 2.50 bits per heavy atom. The summed E-state index contributed by atoms with van der Waals surface area (Å²) in [4.78, 5) is 12.0. The lowest BCUT2D eigenvalue weighted by atomic mass is 10.0. The Labute approximate surface area is 170 Å². The van der Waals surface area contributed by atoms with Crippen molar-refractivity contribution in [2.75, 3.05) is 6.61 Å². The first-order valence-electron chi connectivity index (χ1n) is 9.42. The minimum absolute atomic E-state index is 0.160. The zero-order valence-electron chi connectivity index (χ0n) is 16.1. The van der Waals surface area contributed by atoms with Gasteiger partial charge >= 0.3 is 5.97 Å². The molecule has 0 amide bonds. The molecule has 1 heterocycles. The number of rotatable bonds is 7. The molecule has 0 radical (unpaired) electrons.